The Morgan fingerprint density at radius 1 is 1.46 bits per heavy atom. The molecule has 0 unspecified atom stereocenters. The van der Waals surface area contributed by atoms with Crippen molar-refractivity contribution in [3.63, 3.8) is 0 Å². The van der Waals surface area contributed by atoms with Gasteiger partial charge in [0.1, 0.15) is 25.1 Å². The third-order valence-electron chi connectivity index (χ3n) is 5.27. The molecule has 2 aliphatic rings. The second-order valence-electron chi connectivity index (χ2n) is 7.36. The Bertz CT molecular complexity index is 1240. The predicted molar refractivity (Wildman–Crippen MR) is 121 cm³/mol. The molecule has 2 amide bonds. The molecule has 186 valence electrons. The number of thioether (sulfide) groups is 1. The number of aromatic nitrogens is 4. The van der Waals surface area contributed by atoms with Crippen LogP contribution in [0.25, 0.3) is 0 Å². The molecule has 2 aromatic heterocycles. The molecule has 1 fully saturated rings. The minimum atomic E-state index is -1.51. The monoisotopic (exact) mass is 523 g/mol. The van der Waals surface area contributed by atoms with Crippen LogP contribution in [0, 0.1) is 0 Å². The van der Waals surface area contributed by atoms with Crippen LogP contribution in [0.4, 0.5) is 10.9 Å². The zero-order chi connectivity index (χ0) is 25.3. The molecule has 2 aliphatic heterocycles. The number of nitrogens with zero attached hydrogens (tertiary/aromatic N) is 6. The molecule has 6 N–H and O–H groups in total. The van der Waals surface area contributed by atoms with Crippen molar-refractivity contribution >= 4 is 57.7 Å². The maximum Gasteiger partial charge on any atom is 0.278 e. The second-order valence-corrected chi connectivity index (χ2v) is 9.25. The Kier molecular flexibility index (Phi) is 6.90. The highest BCUT2D eigenvalue weighted by molar-refractivity contribution is 8.00. The van der Waals surface area contributed by atoms with Gasteiger partial charge in [0, 0.05) is 22.9 Å². The first-order valence-electron chi connectivity index (χ1n) is 10.1. The van der Waals surface area contributed by atoms with Crippen molar-refractivity contribution in [2.24, 2.45) is 5.16 Å². The third kappa shape index (κ3) is 4.52. The van der Waals surface area contributed by atoms with Crippen LogP contribution < -0.4 is 26.6 Å². The van der Waals surface area contributed by atoms with Gasteiger partial charge in [0.25, 0.3) is 11.8 Å². The molecule has 0 aromatic carbocycles. The van der Waals surface area contributed by atoms with E-state index in [0.29, 0.717) is 11.4 Å². The Hall–Kier alpha value is -3.70. The van der Waals surface area contributed by atoms with E-state index in [9.17, 15) is 24.6 Å². The van der Waals surface area contributed by atoms with E-state index >= 15 is 0 Å². The van der Waals surface area contributed by atoms with Gasteiger partial charge in [0.15, 0.2) is 23.7 Å². The Morgan fingerprint density at radius 2 is 2.23 bits per heavy atom. The SMILES string of the molecule is CON=C(C(=O)N[C@@H]1C(=O)N2C(C(=O)[O-])=C(C[n+]3ccc(N)n3CCO)CS[C@H]12)c1nsc(N)n1. The number of β-lactam (4-membered cyclic amide) rings is 1. The van der Waals surface area contributed by atoms with E-state index in [1.165, 1.54) is 18.9 Å². The minimum absolute atomic E-state index is 0.0634. The highest BCUT2D eigenvalue weighted by Gasteiger charge is 2.53. The number of fused-ring (bicyclic) bond motifs is 1. The molecule has 17 heteroatoms. The topological polar surface area (TPSA) is 218 Å². The van der Waals surface area contributed by atoms with Crippen LogP contribution in [-0.2, 0) is 32.3 Å². The molecule has 0 saturated carbocycles. The van der Waals surface area contributed by atoms with Gasteiger partial charge in [-0.2, -0.15) is 9.36 Å². The lowest BCUT2D eigenvalue weighted by Crippen LogP contribution is -2.71. The summed E-state index contributed by atoms with van der Waals surface area (Å²) in [6.07, 6.45) is 1.65. The van der Waals surface area contributed by atoms with Gasteiger partial charge in [-0.15, -0.1) is 21.1 Å². The minimum Gasteiger partial charge on any atom is -0.543 e. The number of amides is 2. The molecule has 15 nitrogen and oxygen atoms in total. The Labute approximate surface area is 206 Å². The summed E-state index contributed by atoms with van der Waals surface area (Å²) < 4.78 is 7.16. The van der Waals surface area contributed by atoms with Gasteiger partial charge < -0.3 is 36.6 Å². The molecule has 0 spiro atoms. The van der Waals surface area contributed by atoms with Gasteiger partial charge >= 0.3 is 0 Å². The third-order valence-corrected chi connectivity index (χ3v) is 7.15. The van der Waals surface area contributed by atoms with Gasteiger partial charge in [0.2, 0.25) is 11.5 Å². The fraction of sp³-hybridized carbons (Fsp3) is 0.389. The van der Waals surface area contributed by atoms with Crippen molar-refractivity contribution in [1.29, 1.82) is 0 Å². The number of aliphatic hydroxyl groups excluding tert-OH is 1. The predicted octanol–water partition coefficient (Wildman–Crippen LogP) is -3.76. The number of nitrogens with one attached hydrogen (secondary N) is 1. The van der Waals surface area contributed by atoms with Crippen molar-refractivity contribution in [2.45, 2.75) is 24.5 Å². The summed E-state index contributed by atoms with van der Waals surface area (Å²) in [4.78, 5) is 47.4. The van der Waals surface area contributed by atoms with Crippen LogP contribution in [-0.4, -0.2) is 78.4 Å². The number of carboxylic acid groups (broad SMARTS) is 1. The van der Waals surface area contributed by atoms with E-state index in [1.807, 2.05) is 0 Å². The van der Waals surface area contributed by atoms with Crippen molar-refractivity contribution in [3.8, 4) is 0 Å². The first-order chi connectivity index (χ1) is 16.8. The first-order valence-corrected chi connectivity index (χ1v) is 11.9. The van der Waals surface area contributed by atoms with Crippen LogP contribution in [0.5, 0.6) is 0 Å². The zero-order valence-corrected chi connectivity index (χ0v) is 19.9. The van der Waals surface area contributed by atoms with Gasteiger partial charge in [-0.05, 0) is 0 Å². The zero-order valence-electron chi connectivity index (χ0n) is 18.3. The normalized spacial score (nSPS) is 19.9. The molecule has 0 radical (unpaired) electrons. The fourth-order valence-corrected chi connectivity index (χ4v) is 5.54. The number of oxime groups is 1. The van der Waals surface area contributed by atoms with Crippen LogP contribution in [0.15, 0.2) is 28.7 Å². The van der Waals surface area contributed by atoms with E-state index in [1.54, 1.807) is 21.6 Å². The number of rotatable bonds is 9. The molecule has 2 atom stereocenters. The fourth-order valence-electron chi connectivity index (χ4n) is 3.77. The Balaban J connectivity index is 1.54. The number of nitrogen functional groups attached to an aromatic ring is 2. The van der Waals surface area contributed by atoms with E-state index < -0.39 is 29.2 Å². The number of carbonyl (C=O) groups excluding carboxylic acids is 3. The molecule has 4 heterocycles. The number of hydrogen-bond donors (Lipinski definition) is 4. The molecule has 4 rings (SSSR count). The lowest BCUT2D eigenvalue weighted by molar-refractivity contribution is -0.767. The standard InChI is InChI=1S/C18H21N9O6S2/c1-33-23-10(13-22-18(20)35-24-13)14(29)21-11-15(30)27-12(17(31)32)8(7-34-16(11)27)6-25-3-2-9(19)26(25)4-5-28/h2-3,11,16,19,28H,4-7H2,1H3,(H4,20,21,22,24,29,31,32)/t11-,16-/m1/s1. The summed E-state index contributed by atoms with van der Waals surface area (Å²) in [5.74, 6) is -2.33. The highest BCUT2D eigenvalue weighted by Crippen LogP contribution is 2.40. The number of anilines is 2. The average molecular weight is 524 g/mol. The van der Waals surface area contributed by atoms with Gasteiger partial charge in [-0.1, -0.05) is 5.16 Å². The van der Waals surface area contributed by atoms with Gasteiger partial charge in [0.05, 0.1) is 24.3 Å². The Morgan fingerprint density at radius 3 is 2.86 bits per heavy atom. The highest BCUT2D eigenvalue weighted by atomic mass is 32.2. The van der Waals surface area contributed by atoms with Gasteiger partial charge in [-0.25, -0.2) is 0 Å². The maximum atomic E-state index is 12.9. The number of carboxylic acids is 1. The molecule has 35 heavy (non-hydrogen) atoms. The van der Waals surface area contributed by atoms with Crippen molar-refractivity contribution in [2.75, 3.05) is 30.9 Å². The lowest BCUT2D eigenvalue weighted by atomic mass is 10.0. The van der Waals surface area contributed by atoms with E-state index in [-0.39, 0.29) is 47.8 Å². The number of aliphatic hydroxyl groups is 1. The summed E-state index contributed by atoms with van der Waals surface area (Å²) >= 11 is 2.14. The number of carbonyl (C=O) groups is 3. The summed E-state index contributed by atoms with van der Waals surface area (Å²) in [5, 5.41) is 26.9. The van der Waals surface area contributed by atoms with Crippen molar-refractivity contribution < 1.29 is 34.1 Å². The summed E-state index contributed by atoms with van der Waals surface area (Å²) in [6, 6.07) is 0.612. The smallest absolute Gasteiger partial charge is 0.278 e. The van der Waals surface area contributed by atoms with Crippen LogP contribution in [0.3, 0.4) is 0 Å². The van der Waals surface area contributed by atoms with Crippen LogP contribution in [0.1, 0.15) is 5.82 Å². The molecule has 0 bridgehead atoms. The number of nitrogens with two attached hydrogens (primary N) is 2. The van der Waals surface area contributed by atoms with E-state index in [4.69, 9.17) is 16.3 Å². The van der Waals surface area contributed by atoms with Gasteiger partial charge in [-0.3, -0.25) is 14.5 Å². The summed E-state index contributed by atoms with van der Waals surface area (Å²) in [5.41, 5.74) is 11.4. The number of hydrogen-bond acceptors (Lipinski definition) is 13. The van der Waals surface area contributed by atoms with Crippen LogP contribution in [0.2, 0.25) is 0 Å². The van der Waals surface area contributed by atoms with E-state index in [2.05, 4.69) is 19.8 Å². The number of aliphatic carboxylic acids is 1. The largest absolute Gasteiger partial charge is 0.543 e. The second kappa shape index (κ2) is 9.88. The average Bonchev–Trinajstić information content (AvgIpc) is 3.41. The molecule has 0 aliphatic carbocycles. The van der Waals surface area contributed by atoms with Crippen molar-refractivity contribution in [1.82, 2.24) is 24.3 Å². The van der Waals surface area contributed by atoms with E-state index in [0.717, 1.165) is 16.4 Å². The van der Waals surface area contributed by atoms with Crippen molar-refractivity contribution in [3.05, 3.63) is 29.4 Å². The maximum absolute atomic E-state index is 12.9. The molecular formula is C18H21N9O6S2. The lowest BCUT2D eigenvalue weighted by Gasteiger charge is -2.50. The summed E-state index contributed by atoms with van der Waals surface area (Å²) in [6.45, 7) is 0.165. The van der Waals surface area contributed by atoms with Crippen LogP contribution >= 0.6 is 23.3 Å². The molecule has 2 aromatic rings. The summed E-state index contributed by atoms with van der Waals surface area (Å²) in [7, 11) is 1.23. The molecule has 1 saturated heterocycles. The molecular weight excluding hydrogens is 502 g/mol. The first kappa shape index (κ1) is 24.4. The quantitative estimate of drug-likeness (QED) is 0.108.